The van der Waals surface area contributed by atoms with Crippen molar-refractivity contribution in [2.45, 2.75) is 40.5 Å². The molecule has 1 aromatic carbocycles. The Hall–Kier alpha value is -1.31. The van der Waals surface area contributed by atoms with E-state index in [-0.39, 0.29) is 0 Å². The summed E-state index contributed by atoms with van der Waals surface area (Å²) in [7, 11) is 0. The van der Waals surface area contributed by atoms with Crippen LogP contribution in [0.15, 0.2) is 18.2 Å². The molecule has 17 heavy (non-hydrogen) atoms. The van der Waals surface area contributed by atoms with E-state index in [1.807, 2.05) is 32.0 Å². The topological polar surface area (TPSA) is 26.3 Å². The van der Waals surface area contributed by atoms with Crippen LogP contribution in [-0.4, -0.2) is 12.4 Å². The van der Waals surface area contributed by atoms with Crippen LogP contribution in [0.3, 0.4) is 0 Å². The average Bonchev–Trinajstić information content (AvgIpc) is 2.22. The average molecular weight is 234 g/mol. The Bertz CT molecular complexity index is 381. The second-order valence-corrected chi connectivity index (χ2v) is 4.85. The van der Waals surface area contributed by atoms with E-state index in [4.69, 9.17) is 4.74 Å². The molecule has 0 aliphatic rings. The molecule has 0 N–H and O–H groups in total. The molecule has 0 bridgehead atoms. The summed E-state index contributed by atoms with van der Waals surface area (Å²) >= 11 is 0. The van der Waals surface area contributed by atoms with Gasteiger partial charge in [0, 0.05) is 12.8 Å². The SMILES string of the molecule is CCOc1cc(CC(=O)CC(C)C)ccc1C. The Morgan fingerprint density at radius 2 is 2.06 bits per heavy atom. The second kappa shape index (κ2) is 6.43. The van der Waals surface area contributed by atoms with Gasteiger partial charge in [0.15, 0.2) is 0 Å². The van der Waals surface area contributed by atoms with Gasteiger partial charge < -0.3 is 4.74 Å². The quantitative estimate of drug-likeness (QED) is 0.752. The number of carbonyl (C=O) groups excluding carboxylic acids is 1. The summed E-state index contributed by atoms with van der Waals surface area (Å²) in [5, 5.41) is 0. The molecule has 1 aromatic rings. The molecule has 2 nitrogen and oxygen atoms in total. The van der Waals surface area contributed by atoms with Crippen molar-refractivity contribution < 1.29 is 9.53 Å². The molecule has 0 amide bonds. The second-order valence-electron chi connectivity index (χ2n) is 4.85. The summed E-state index contributed by atoms with van der Waals surface area (Å²) in [5.74, 6) is 1.62. The lowest BCUT2D eigenvalue weighted by molar-refractivity contribution is -0.119. The minimum absolute atomic E-state index is 0.298. The predicted octanol–water partition coefficient (Wildman–Crippen LogP) is 3.55. The zero-order chi connectivity index (χ0) is 12.8. The number of ketones is 1. The van der Waals surface area contributed by atoms with Gasteiger partial charge in [-0.25, -0.2) is 0 Å². The summed E-state index contributed by atoms with van der Waals surface area (Å²) < 4.78 is 5.53. The van der Waals surface area contributed by atoms with Gasteiger partial charge in [0.05, 0.1) is 6.61 Å². The third kappa shape index (κ3) is 4.59. The largest absolute Gasteiger partial charge is 0.494 e. The molecule has 0 unspecified atom stereocenters. The number of Topliss-reactive ketones (excluding diaryl/α,β-unsaturated/α-hetero) is 1. The van der Waals surface area contributed by atoms with Gasteiger partial charge in [0.25, 0.3) is 0 Å². The van der Waals surface area contributed by atoms with Crippen LogP contribution in [0.4, 0.5) is 0 Å². The zero-order valence-corrected chi connectivity index (χ0v) is 11.2. The molecular weight excluding hydrogens is 212 g/mol. The van der Waals surface area contributed by atoms with Crippen LogP contribution in [0.5, 0.6) is 5.75 Å². The number of rotatable bonds is 6. The number of aryl methyl sites for hydroxylation is 1. The lowest BCUT2D eigenvalue weighted by Crippen LogP contribution is -2.06. The first-order chi connectivity index (χ1) is 8.02. The van der Waals surface area contributed by atoms with E-state index < -0.39 is 0 Å². The fraction of sp³-hybridized carbons (Fsp3) is 0.533. The zero-order valence-electron chi connectivity index (χ0n) is 11.2. The highest BCUT2D eigenvalue weighted by atomic mass is 16.5. The van der Waals surface area contributed by atoms with Crippen molar-refractivity contribution >= 4 is 5.78 Å². The summed E-state index contributed by atoms with van der Waals surface area (Å²) in [5.41, 5.74) is 2.16. The van der Waals surface area contributed by atoms with E-state index in [1.54, 1.807) is 0 Å². The maximum atomic E-state index is 11.7. The Morgan fingerprint density at radius 3 is 2.65 bits per heavy atom. The monoisotopic (exact) mass is 234 g/mol. The smallest absolute Gasteiger partial charge is 0.137 e. The molecule has 2 heteroatoms. The maximum absolute atomic E-state index is 11.7. The van der Waals surface area contributed by atoms with Gasteiger partial charge in [-0.05, 0) is 37.0 Å². The van der Waals surface area contributed by atoms with Crippen molar-refractivity contribution in [1.82, 2.24) is 0 Å². The van der Waals surface area contributed by atoms with Gasteiger partial charge in [-0.1, -0.05) is 26.0 Å². The normalized spacial score (nSPS) is 10.6. The standard InChI is InChI=1S/C15H22O2/c1-5-17-15-10-13(7-6-12(15)4)9-14(16)8-11(2)3/h6-7,10-11H,5,8-9H2,1-4H3. The van der Waals surface area contributed by atoms with Crippen molar-refractivity contribution in [3.8, 4) is 5.75 Å². The molecule has 1 rings (SSSR count). The lowest BCUT2D eigenvalue weighted by Gasteiger charge is -2.09. The molecule has 0 saturated heterocycles. The van der Waals surface area contributed by atoms with Gasteiger partial charge in [0.1, 0.15) is 11.5 Å². The van der Waals surface area contributed by atoms with E-state index in [2.05, 4.69) is 13.8 Å². The molecule has 0 aliphatic carbocycles. The molecule has 0 heterocycles. The fourth-order valence-corrected chi connectivity index (χ4v) is 1.82. The summed E-state index contributed by atoms with van der Waals surface area (Å²) in [6.45, 7) is 8.78. The fourth-order valence-electron chi connectivity index (χ4n) is 1.82. The molecule has 94 valence electrons. The molecule has 0 spiro atoms. The first kappa shape index (κ1) is 13.8. The van der Waals surface area contributed by atoms with Gasteiger partial charge in [0.2, 0.25) is 0 Å². The molecule has 0 radical (unpaired) electrons. The molecule has 0 aliphatic heterocycles. The van der Waals surface area contributed by atoms with Crippen LogP contribution in [-0.2, 0) is 11.2 Å². The minimum atomic E-state index is 0.298. The highest BCUT2D eigenvalue weighted by Gasteiger charge is 2.08. The van der Waals surface area contributed by atoms with Crippen LogP contribution in [0.25, 0.3) is 0 Å². The van der Waals surface area contributed by atoms with Crippen LogP contribution < -0.4 is 4.74 Å². The highest BCUT2D eigenvalue weighted by Crippen LogP contribution is 2.20. The van der Waals surface area contributed by atoms with Crippen LogP contribution in [0, 0.1) is 12.8 Å². The number of hydrogen-bond donors (Lipinski definition) is 0. The molecular formula is C15H22O2. The highest BCUT2D eigenvalue weighted by molar-refractivity contribution is 5.81. The van der Waals surface area contributed by atoms with E-state index in [0.717, 1.165) is 16.9 Å². The molecule has 0 fully saturated rings. The van der Waals surface area contributed by atoms with Crippen molar-refractivity contribution in [3.05, 3.63) is 29.3 Å². The van der Waals surface area contributed by atoms with Crippen LogP contribution in [0.2, 0.25) is 0 Å². The molecule has 0 aromatic heterocycles. The molecule has 0 saturated carbocycles. The Labute approximate surface area is 104 Å². The lowest BCUT2D eigenvalue weighted by atomic mass is 10.0. The van der Waals surface area contributed by atoms with Crippen molar-refractivity contribution in [2.24, 2.45) is 5.92 Å². The number of carbonyl (C=O) groups is 1. The number of benzene rings is 1. The van der Waals surface area contributed by atoms with Gasteiger partial charge in [-0.15, -0.1) is 0 Å². The van der Waals surface area contributed by atoms with Gasteiger partial charge in [-0.3, -0.25) is 4.79 Å². The predicted molar refractivity (Wildman–Crippen MR) is 70.5 cm³/mol. The van der Waals surface area contributed by atoms with Crippen LogP contribution >= 0.6 is 0 Å². The van der Waals surface area contributed by atoms with E-state index >= 15 is 0 Å². The van der Waals surface area contributed by atoms with Gasteiger partial charge >= 0.3 is 0 Å². The van der Waals surface area contributed by atoms with E-state index in [1.165, 1.54) is 0 Å². The van der Waals surface area contributed by atoms with Crippen molar-refractivity contribution in [2.75, 3.05) is 6.61 Å². The van der Waals surface area contributed by atoms with Crippen LogP contribution in [0.1, 0.15) is 38.3 Å². The van der Waals surface area contributed by atoms with Crippen molar-refractivity contribution in [3.63, 3.8) is 0 Å². The Balaban J connectivity index is 2.71. The first-order valence-electron chi connectivity index (χ1n) is 6.27. The molecule has 0 atom stereocenters. The number of ether oxygens (including phenoxy) is 1. The summed E-state index contributed by atoms with van der Waals surface area (Å²) in [6.07, 6.45) is 1.16. The Kier molecular flexibility index (Phi) is 5.20. The number of hydrogen-bond acceptors (Lipinski definition) is 2. The van der Waals surface area contributed by atoms with E-state index in [0.29, 0.717) is 31.1 Å². The Morgan fingerprint density at radius 1 is 1.35 bits per heavy atom. The third-order valence-corrected chi connectivity index (χ3v) is 2.59. The summed E-state index contributed by atoms with van der Waals surface area (Å²) in [6, 6.07) is 6.01. The minimum Gasteiger partial charge on any atom is -0.494 e. The maximum Gasteiger partial charge on any atom is 0.137 e. The van der Waals surface area contributed by atoms with Gasteiger partial charge in [-0.2, -0.15) is 0 Å². The van der Waals surface area contributed by atoms with Crippen molar-refractivity contribution in [1.29, 1.82) is 0 Å². The first-order valence-corrected chi connectivity index (χ1v) is 6.27. The third-order valence-electron chi connectivity index (χ3n) is 2.59. The van der Waals surface area contributed by atoms with E-state index in [9.17, 15) is 4.79 Å². The summed E-state index contributed by atoms with van der Waals surface area (Å²) in [4.78, 5) is 11.7.